The van der Waals surface area contributed by atoms with Crippen molar-refractivity contribution in [1.29, 1.82) is 0 Å². The highest BCUT2D eigenvalue weighted by Gasteiger charge is 2.45. The number of ether oxygens (including phenoxy) is 2. The second-order valence-corrected chi connectivity index (χ2v) is 7.78. The SMILES string of the molecule is COc1ccc(/C=N\Nc2nc3c(=O)[nH]c(N)nc3n2[C@@H]2O[C@H](CO)[C@@H](O)[C@@H]2O)cc1Br. The molecule has 1 saturated heterocycles. The largest absolute Gasteiger partial charge is 0.496 e. The summed E-state index contributed by atoms with van der Waals surface area (Å²) in [5.74, 6) is 0.486. The van der Waals surface area contributed by atoms with Crippen molar-refractivity contribution in [3.8, 4) is 5.75 Å². The number of nitrogen functional groups attached to an aromatic ring is 1. The van der Waals surface area contributed by atoms with Crippen LogP contribution < -0.4 is 21.5 Å². The van der Waals surface area contributed by atoms with Gasteiger partial charge in [0, 0.05) is 0 Å². The lowest BCUT2D eigenvalue weighted by molar-refractivity contribution is -0.0501. The number of imidazole rings is 1. The van der Waals surface area contributed by atoms with Crippen molar-refractivity contribution >= 4 is 45.2 Å². The molecule has 1 fully saturated rings. The standard InChI is InChI=1S/C18H20BrN7O6/c1-31-9-3-2-7(4-8(9)19)5-21-25-18-22-11-14(23-17(20)24-15(11)30)26(18)16-13(29)12(28)10(6-27)32-16/h2-5,10,12-13,16,27-29H,6H2,1H3,(H,22,25)(H3,20,23,24,30)/b21-5-/t10-,12-,13+,16-/m1/s1. The predicted molar refractivity (Wildman–Crippen MR) is 117 cm³/mol. The zero-order valence-electron chi connectivity index (χ0n) is 16.6. The Morgan fingerprint density at radius 2 is 2.19 bits per heavy atom. The molecule has 7 N–H and O–H groups in total. The lowest BCUT2D eigenvalue weighted by Crippen LogP contribution is -2.33. The first kappa shape index (κ1) is 22.2. The Balaban J connectivity index is 1.73. The molecule has 4 rings (SSSR count). The number of methoxy groups -OCH3 is 1. The van der Waals surface area contributed by atoms with Gasteiger partial charge >= 0.3 is 0 Å². The maximum absolute atomic E-state index is 12.3. The van der Waals surface area contributed by atoms with E-state index in [2.05, 4.69) is 41.4 Å². The second kappa shape index (κ2) is 8.84. The van der Waals surface area contributed by atoms with Crippen LogP contribution in [0.15, 0.2) is 32.6 Å². The molecule has 0 aliphatic carbocycles. The van der Waals surface area contributed by atoms with Gasteiger partial charge in [-0.1, -0.05) is 0 Å². The first-order valence-corrected chi connectivity index (χ1v) is 10.2. The fraction of sp³-hybridized carbons (Fsp3) is 0.333. The van der Waals surface area contributed by atoms with Crippen molar-refractivity contribution in [1.82, 2.24) is 19.5 Å². The quantitative estimate of drug-likeness (QED) is 0.187. The summed E-state index contributed by atoms with van der Waals surface area (Å²) in [5.41, 5.74) is 8.40. The van der Waals surface area contributed by atoms with Gasteiger partial charge in [-0.05, 0) is 39.7 Å². The van der Waals surface area contributed by atoms with Crippen molar-refractivity contribution in [2.75, 3.05) is 24.9 Å². The molecular formula is C18H20BrN7O6. The molecule has 0 radical (unpaired) electrons. The predicted octanol–water partition coefficient (Wildman–Crippen LogP) is -0.470. The molecule has 0 bridgehead atoms. The van der Waals surface area contributed by atoms with Crippen molar-refractivity contribution in [3.05, 3.63) is 38.6 Å². The van der Waals surface area contributed by atoms with E-state index in [1.54, 1.807) is 25.3 Å². The number of halogens is 1. The van der Waals surface area contributed by atoms with Crippen LogP contribution in [-0.4, -0.2) is 73.1 Å². The number of anilines is 2. The van der Waals surface area contributed by atoms with Crippen LogP contribution in [0.25, 0.3) is 11.2 Å². The van der Waals surface area contributed by atoms with Gasteiger partial charge in [-0.2, -0.15) is 10.1 Å². The Morgan fingerprint density at radius 1 is 1.41 bits per heavy atom. The number of nitrogens with zero attached hydrogens (tertiary/aromatic N) is 4. The molecule has 14 heteroatoms. The molecule has 170 valence electrons. The summed E-state index contributed by atoms with van der Waals surface area (Å²) in [6, 6.07) is 5.31. The number of rotatable bonds is 6. The Hall–Kier alpha value is -3.04. The van der Waals surface area contributed by atoms with Crippen molar-refractivity contribution in [3.63, 3.8) is 0 Å². The zero-order chi connectivity index (χ0) is 23.0. The number of aliphatic hydroxyl groups excluding tert-OH is 3. The Morgan fingerprint density at radius 3 is 2.84 bits per heavy atom. The van der Waals surface area contributed by atoms with E-state index in [9.17, 15) is 20.1 Å². The smallest absolute Gasteiger partial charge is 0.280 e. The Kier molecular flexibility index (Phi) is 6.12. The van der Waals surface area contributed by atoms with E-state index in [-0.39, 0.29) is 23.1 Å². The lowest BCUT2D eigenvalue weighted by Gasteiger charge is -2.18. The van der Waals surface area contributed by atoms with Gasteiger partial charge in [0.2, 0.25) is 11.9 Å². The molecule has 2 aromatic heterocycles. The van der Waals surface area contributed by atoms with E-state index in [0.29, 0.717) is 5.75 Å². The van der Waals surface area contributed by atoms with Crippen molar-refractivity contribution in [2.24, 2.45) is 5.10 Å². The molecule has 1 aliphatic heterocycles. The molecule has 3 aromatic rings. The Labute approximate surface area is 188 Å². The second-order valence-electron chi connectivity index (χ2n) is 6.92. The molecule has 0 unspecified atom stereocenters. The van der Waals surface area contributed by atoms with Crippen molar-refractivity contribution in [2.45, 2.75) is 24.5 Å². The lowest BCUT2D eigenvalue weighted by atomic mass is 10.1. The molecule has 3 heterocycles. The molecule has 1 aromatic carbocycles. The Bertz CT molecular complexity index is 1230. The van der Waals surface area contributed by atoms with Crippen LogP contribution in [0.4, 0.5) is 11.9 Å². The summed E-state index contributed by atoms with van der Waals surface area (Å²) in [7, 11) is 1.56. The normalized spacial score (nSPS) is 23.3. The van der Waals surface area contributed by atoms with Crippen LogP contribution >= 0.6 is 15.9 Å². The van der Waals surface area contributed by atoms with Gasteiger partial charge in [0.1, 0.15) is 24.1 Å². The maximum Gasteiger partial charge on any atom is 0.280 e. The average Bonchev–Trinajstić information content (AvgIpc) is 3.25. The van der Waals surface area contributed by atoms with Crippen LogP contribution in [0, 0.1) is 0 Å². The first-order chi connectivity index (χ1) is 15.3. The summed E-state index contributed by atoms with van der Waals surface area (Å²) in [6.07, 6.45) is -3.56. The highest BCUT2D eigenvalue weighted by molar-refractivity contribution is 9.10. The van der Waals surface area contributed by atoms with Gasteiger partial charge < -0.3 is 30.5 Å². The maximum atomic E-state index is 12.3. The minimum atomic E-state index is -1.44. The number of nitrogens with two attached hydrogens (primary N) is 1. The number of nitrogens with one attached hydrogen (secondary N) is 2. The van der Waals surface area contributed by atoms with Gasteiger partial charge in [-0.3, -0.25) is 14.3 Å². The van der Waals surface area contributed by atoms with Crippen LogP contribution in [0.5, 0.6) is 5.75 Å². The minimum absolute atomic E-state index is 0.00210. The molecule has 32 heavy (non-hydrogen) atoms. The third-order valence-electron chi connectivity index (χ3n) is 4.89. The summed E-state index contributed by atoms with van der Waals surface area (Å²) in [5, 5.41) is 34.2. The molecular weight excluding hydrogens is 490 g/mol. The number of aromatic amines is 1. The highest BCUT2D eigenvalue weighted by atomic mass is 79.9. The van der Waals surface area contributed by atoms with Gasteiger partial charge in [0.25, 0.3) is 5.56 Å². The zero-order valence-corrected chi connectivity index (χ0v) is 18.2. The first-order valence-electron chi connectivity index (χ1n) is 9.36. The molecule has 0 spiro atoms. The number of benzene rings is 1. The van der Waals surface area contributed by atoms with Crippen LogP contribution in [0.2, 0.25) is 0 Å². The molecule has 0 amide bonds. The summed E-state index contributed by atoms with van der Waals surface area (Å²) < 4.78 is 12.8. The molecule has 1 aliphatic rings. The van der Waals surface area contributed by atoms with E-state index in [0.717, 1.165) is 10.0 Å². The van der Waals surface area contributed by atoms with E-state index < -0.39 is 36.7 Å². The van der Waals surface area contributed by atoms with Gasteiger partial charge in [0.05, 0.1) is 24.4 Å². The number of aromatic nitrogens is 4. The number of H-pyrrole nitrogens is 1. The highest BCUT2D eigenvalue weighted by Crippen LogP contribution is 2.34. The van der Waals surface area contributed by atoms with E-state index in [1.165, 1.54) is 10.8 Å². The van der Waals surface area contributed by atoms with E-state index in [1.807, 2.05) is 0 Å². The monoisotopic (exact) mass is 509 g/mol. The van der Waals surface area contributed by atoms with E-state index >= 15 is 0 Å². The van der Waals surface area contributed by atoms with Crippen molar-refractivity contribution < 1.29 is 24.8 Å². The van der Waals surface area contributed by atoms with E-state index in [4.69, 9.17) is 15.2 Å². The number of hydrogen-bond donors (Lipinski definition) is 6. The number of hydrazone groups is 1. The molecule has 0 saturated carbocycles. The topological polar surface area (TPSA) is 193 Å². The van der Waals surface area contributed by atoms with Gasteiger partial charge in [0.15, 0.2) is 17.4 Å². The van der Waals surface area contributed by atoms with Crippen LogP contribution in [0.1, 0.15) is 11.8 Å². The fourth-order valence-electron chi connectivity index (χ4n) is 3.34. The third kappa shape index (κ3) is 3.93. The number of aliphatic hydroxyl groups is 3. The summed E-state index contributed by atoms with van der Waals surface area (Å²) >= 11 is 3.39. The molecule has 4 atom stereocenters. The molecule has 13 nitrogen and oxygen atoms in total. The van der Waals surface area contributed by atoms with Crippen LogP contribution in [-0.2, 0) is 4.74 Å². The number of hydrogen-bond acceptors (Lipinski definition) is 11. The van der Waals surface area contributed by atoms with Gasteiger partial charge in [-0.25, -0.2) is 10.4 Å². The minimum Gasteiger partial charge on any atom is -0.496 e. The van der Waals surface area contributed by atoms with Crippen LogP contribution in [0.3, 0.4) is 0 Å². The third-order valence-corrected chi connectivity index (χ3v) is 5.51. The average molecular weight is 510 g/mol. The number of fused-ring (bicyclic) bond motifs is 1. The summed E-state index contributed by atoms with van der Waals surface area (Å²) in [6.45, 7) is -0.523. The fourth-order valence-corrected chi connectivity index (χ4v) is 3.90. The van der Waals surface area contributed by atoms with Gasteiger partial charge in [-0.15, -0.1) is 0 Å². The summed E-state index contributed by atoms with van der Waals surface area (Å²) in [4.78, 5) is 22.9.